The Hall–Kier alpha value is -1.98. The van der Waals surface area contributed by atoms with Gasteiger partial charge in [-0.25, -0.2) is 4.79 Å². The molecule has 0 saturated carbocycles. The van der Waals surface area contributed by atoms with Gasteiger partial charge in [0.2, 0.25) is 0 Å². The molecule has 0 radical (unpaired) electrons. The van der Waals surface area contributed by atoms with Gasteiger partial charge in [-0.3, -0.25) is 9.13 Å². The minimum atomic E-state index is 0. The second-order valence-corrected chi connectivity index (χ2v) is 6.11. The fourth-order valence-corrected chi connectivity index (χ4v) is 3.53. The first kappa shape index (κ1) is 15.9. The van der Waals surface area contributed by atoms with Crippen LogP contribution in [0.5, 0.6) is 0 Å². The Morgan fingerprint density at radius 3 is 2.61 bits per heavy atom. The number of benzene rings is 1. The van der Waals surface area contributed by atoms with Crippen molar-refractivity contribution in [1.29, 1.82) is 0 Å². The first-order chi connectivity index (χ1) is 10.6. The molecule has 2 N–H and O–H groups in total. The van der Waals surface area contributed by atoms with E-state index in [2.05, 4.69) is 29.4 Å². The number of fused-ring (bicyclic) bond motifs is 2. The summed E-state index contributed by atoms with van der Waals surface area (Å²) in [6, 6.07) is 6.23. The molecule has 1 aliphatic rings. The van der Waals surface area contributed by atoms with Crippen molar-refractivity contribution in [1.82, 2.24) is 19.4 Å². The van der Waals surface area contributed by atoms with Crippen LogP contribution in [-0.4, -0.2) is 20.7 Å². The fraction of sp³-hybridized carbons (Fsp3) is 0.353. The Labute approximate surface area is 140 Å². The van der Waals surface area contributed by atoms with Crippen LogP contribution in [0.15, 0.2) is 23.0 Å². The summed E-state index contributed by atoms with van der Waals surface area (Å²) in [5, 5.41) is 3.43. The molecule has 1 aliphatic heterocycles. The number of halogens is 1. The minimum absolute atomic E-state index is 0. The zero-order valence-electron chi connectivity index (χ0n) is 13.6. The summed E-state index contributed by atoms with van der Waals surface area (Å²) in [5.41, 5.74) is 8.30. The smallest absolute Gasteiger partial charge is 0.328 e. The molecule has 4 rings (SSSR count). The molecule has 1 aromatic carbocycles. The topological polar surface area (TPSA) is 54.8 Å². The van der Waals surface area contributed by atoms with Gasteiger partial charge in [-0.1, -0.05) is 6.07 Å². The number of hydrogen-bond acceptors (Lipinski definition) is 2. The van der Waals surface area contributed by atoms with Gasteiger partial charge in [0.25, 0.3) is 0 Å². The number of H-pyrrole nitrogens is 1. The van der Waals surface area contributed by atoms with Crippen molar-refractivity contribution in [3.63, 3.8) is 0 Å². The molecule has 0 amide bonds. The van der Waals surface area contributed by atoms with Gasteiger partial charge >= 0.3 is 5.69 Å². The van der Waals surface area contributed by atoms with Crippen LogP contribution in [0.3, 0.4) is 0 Å². The van der Waals surface area contributed by atoms with Crippen LogP contribution in [0.4, 0.5) is 0 Å². The van der Waals surface area contributed by atoms with Gasteiger partial charge in [0.05, 0.1) is 11.0 Å². The number of hydrogen-bond donors (Lipinski definition) is 2. The normalized spacial score (nSPS) is 13.9. The molecule has 5 nitrogen and oxygen atoms in total. The average molecular weight is 333 g/mol. The molecule has 3 heterocycles. The van der Waals surface area contributed by atoms with Gasteiger partial charge in [0, 0.05) is 50.6 Å². The molecular formula is C17H21ClN4O. The summed E-state index contributed by atoms with van der Waals surface area (Å²) in [5.74, 6) is 0. The Bertz CT molecular complexity index is 948. The summed E-state index contributed by atoms with van der Waals surface area (Å²) >= 11 is 0. The third kappa shape index (κ3) is 2.23. The lowest BCUT2D eigenvalue weighted by Crippen LogP contribution is -2.23. The van der Waals surface area contributed by atoms with Gasteiger partial charge in [-0.05, 0) is 30.2 Å². The number of aromatic amines is 1. The van der Waals surface area contributed by atoms with E-state index >= 15 is 0 Å². The number of aromatic nitrogens is 3. The molecule has 0 fully saturated rings. The first-order valence-electron chi connectivity index (χ1n) is 7.65. The van der Waals surface area contributed by atoms with Crippen LogP contribution in [0.2, 0.25) is 0 Å². The molecular weight excluding hydrogens is 312 g/mol. The fourth-order valence-electron chi connectivity index (χ4n) is 3.53. The van der Waals surface area contributed by atoms with Crippen LogP contribution in [0.25, 0.3) is 22.3 Å². The summed E-state index contributed by atoms with van der Waals surface area (Å²) in [6.07, 6.45) is 1.04. The number of imidazole rings is 1. The van der Waals surface area contributed by atoms with Crippen molar-refractivity contribution >= 4 is 23.4 Å². The lowest BCUT2D eigenvalue weighted by Gasteiger charge is -2.12. The molecule has 0 unspecified atom stereocenters. The van der Waals surface area contributed by atoms with Crippen LogP contribution in [-0.2, 0) is 27.1 Å². The maximum absolute atomic E-state index is 12.1. The second kappa shape index (κ2) is 5.58. The predicted molar refractivity (Wildman–Crippen MR) is 95.3 cm³/mol. The molecule has 23 heavy (non-hydrogen) atoms. The molecule has 0 aliphatic carbocycles. The van der Waals surface area contributed by atoms with E-state index in [9.17, 15) is 4.79 Å². The van der Waals surface area contributed by atoms with Crippen LogP contribution >= 0.6 is 12.4 Å². The summed E-state index contributed by atoms with van der Waals surface area (Å²) in [4.78, 5) is 15.7. The highest BCUT2D eigenvalue weighted by molar-refractivity contribution is 5.85. The van der Waals surface area contributed by atoms with E-state index in [1.165, 1.54) is 22.5 Å². The van der Waals surface area contributed by atoms with Crippen molar-refractivity contribution in [2.45, 2.75) is 19.9 Å². The van der Waals surface area contributed by atoms with E-state index in [1.54, 1.807) is 9.13 Å². The van der Waals surface area contributed by atoms with Crippen molar-refractivity contribution in [3.05, 3.63) is 45.5 Å². The number of aryl methyl sites for hydroxylation is 2. The Kier molecular flexibility index (Phi) is 3.86. The molecule has 6 heteroatoms. The van der Waals surface area contributed by atoms with Crippen LogP contribution in [0, 0.1) is 6.92 Å². The van der Waals surface area contributed by atoms with Crippen molar-refractivity contribution in [3.8, 4) is 11.3 Å². The maximum atomic E-state index is 12.1. The predicted octanol–water partition coefficient (Wildman–Crippen LogP) is 2.25. The van der Waals surface area contributed by atoms with Gasteiger partial charge in [0.1, 0.15) is 0 Å². The second-order valence-electron chi connectivity index (χ2n) is 6.11. The summed E-state index contributed by atoms with van der Waals surface area (Å²) in [7, 11) is 3.64. The van der Waals surface area contributed by atoms with Crippen LogP contribution in [0.1, 0.15) is 16.8 Å². The highest BCUT2D eigenvalue weighted by Gasteiger charge is 2.18. The largest absolute Gasteiger partial charge is 0.358 e. The van der Waals surface area contributed by atoms with Gasteiger partial charge in [-0.2, -0.15) is 0 Å². The lowest BCUT2D eigenvalue weighted by atomic mass is 10.0. The van der Waals surface area contributed by atoms with E-state index < -0.39 is 0 Å². The standard InChI is InChI=1S/C17H20N4O.ClH/c1-10-12-9-18-7-6-13(12)19-16(10)11-4-5-14-15(8-11)21(3)17(22)20(14)2;/h4-5,8,18-19H,6-7,9H2,1-3H3;1H. The molecule has 0 atom stereocenters. The molecule has 2 aromatic heterocycles. The molecule has 0 saturated heterocycles. The molecule has 122 valence electrons. The number of nitrogens with zero attached hydrogens (tertiary/aromatic N) is 2. The van der Waals surface area contributed by atoms with Crippen LogP contribution < -0.4 is 11.0 Å². The Morgan fingerprint density at radius 1 is 1.13 bits per heavy atom. The quantitative estimate of drug-likeness (QED) is 0.718. The lowest BCUT2D eigenvalue weighted by molar-refractivity contribution is 0.636. The number of nitrogens with one attached hydrogen (secondary N) is 2. The first-order valence-corrected chi connectivity index (χ1v) is 7.65. The van der Waals surface area contributed by atoms with E-state index in [0.717, 1.165) is 36.1 Å². The van der Waals surface area contributed by atoms with Gasteiger partial charge in [0.15, 0.2) is 0 Å². The van der Waals surface area contributed by atoms with E-state index in [4.69, 9.17) is 0 Å². The van der Waals surface area contributed by atoms with Crippen molar-refractivity contribution in [2.75, 3.05) is 6.54 Å². The molecule has 0 bridgehead atoms. The molecule has 3 aromatic rings. The third-order valence-corrected chi connectivity index (χ3v) is 4.88. The number of rotatable bonds is 1. The Balaban J connectivity index is 0.00000156. The van der Waals surface area contributed by atoms with Crippen molar-refractivity contribution in [2.24, 2.45) is 14.1 Å². The molecule has 0 spiro atoms. The minimum Gasteiger partial charge on any atom is -0.358 e. The Morgan fingerprint density at radius 2 is 1.87 bits per heavy atom. The monoisotopic (exact) mass is 332 g/mol. The highest BCUT2D eigenvalue weighted by Crippen LogP contribution is 2.30. The third-order valence-electron chi connectivity index (χ3n) is 4.88. The zero-order chi connectivity index (χ0) is 15.4. The SMILES string of the molecule is Cc1c(-c2ccc3c(c2)n(C)c(=O)n3C)[nH]c2c1CNCC2.Cl. The van der Waals surface area contributed by atoms with E-state index in [1.807, 2.05) is 20.2 Å². The van der Waals surface area contributed by atoms with Gasteiger partial charge < -0.3 is 10.3 Å². The summed E-state index contributed by atoms with van der Waals surface area (Å²) < 4.78 is 3.40. The zero-order valence-corrected chi connectivity index (χ0v) is 14.4. The maximum Gasteiger partial charge on any atom is 0.328 e. The van der Waals surface area contributed by atoms with E-state index in [0.29, 0.717) is 0 Å². The van der Waals surface area contributed by atoms with Crippen molar-refractivity contribution < 1.29 is 0 Å². The summed E-state index contributed by atoms with van der Waals surface area (Å²) in [6.45, 7) is 4.13. The average Bonchev–Trinajstić information content (AvgIpc) is 2.99. The van der Waals surface area contributed by atoms with E-state index in [-0.39, 0.29) is 18.1 Å². The van der Waals surface area contributed by atoms with Gasteiger partial charge in [-0.15, -0.1) is 12.4 Å². The highest BCUT2D eigenvalue weighted by atomic mass is 35.5.